The van der Waals surface area contributed by atoms with Gasteiger partial charge in [0.15, 0.2) is 11.5 Å². The minimum atomic E-state index is -0.383. The lowest BCUT2D eigenvalue weighted by Crippen LogP contribution is -2.40. The van der Waals surface area contributed by atoms with Gasteiger partial charge in [0.25, 0.3) is 0 Å². The second kappa shape index (κ2) is 5.23. The molecule has 2 atom stereocenters. The first-order valence-corrected chi connectivity index (χ1v) is 7.53. The van der Waals surface area contributed by atoms with Gasteiger partial charge in [-0.3, -0.25) is 0 Å². The molecule has 1 aromatic rings. The molecule has 1 saturated carbocycles. The van der Waals surface area contributed by atoms with Gasteiger partial charge < -0.3 is 20.3 Å². The molecule has 1 aromatic carbocycles. The molecule has 0 saturated heterocycles. The second-order valence-electron chi connectivity index (χ2n) is 5.31. The normalized spacial score (nSPS) is 29.5. The van der Waals surface area contributed by atoms with Gasteiger partial charge in [-0.05, 0) is 37.5 Å². The van der Waals surface area contributed by atoms with Gasteiger partial charge in [-0.15, -0.1) is 11.8 Å². The van der Waals surface area contributed by atoms with Crippen LogP contribution in [0.1, 0.15) is 19.3 Å². The largest absolute Gasteiger partial charge is 0.486 e. The van der Waals surface area contributed by atoms with E-state index in [-0.39, 0.29) is 12.1 Å². The molecule has 0 radical (unpaired) electrons. The standard InChI is InChI=1S/C14H19NO3S/c15-14(9-16)4-3-11(8-14)19-10-1-2-12-13(7-10)18-6-5-17-12/h1-2,7,11,16H,3-6,8-9,15H2. The molecule has 1 aliphatic carbocycles. The number of ether oxygens (including phenoxy) is 2. The summed E-state index contributed by atoms with van der Waals surface area (Å²) in [4.78, 5) is 1.18. The molecule has 3 rings (SSSR count). The first-order chi connectivity index (χ1) is 9.18. The molecule has 1 aliphatic heterocycles. The maximum absolute atomic E-state index is 9.30. The molecule has 1 fully saturated rings. The van der Waals surface area contributed by atoms with Crippen LogP contribution in [0, 0.1) is 0 Å². The number of fused-ring (bicyclic) bond motifs is 1. The quantitative estimate of drug-likeness (QED) is 0.884. The summed E-state index contributed by atoms with van der Waals surface area (Å²) in [5.41, 5.74) is 5.72. The molecule has 0 aromatic heterocycles. The number of thioether (sulfide) groups is 1. The maximum atomic E-state index is 9.30. The summed E-state index contributed by atoms with van der Waals surface area (Å²) in [6.07, 6.45) is 2.81. The summed E-state index contributed by atoms with van der Waals surface area (Å²) >= 11 is 1.82. The van der Waals surface area contributed by atoms with E-state index < -0.39 is 0 Å². The van der Waals surface area contributed by atoms with Crippen LogP contribution in [0.2, 0.25) is 0 Å². The SMILES string of the molecule is NC1(CO)CCC(Sc2ccc3c(c2)OCCO3)C1. The molecule has 104 valence electrons. The molecule has 19 heavy (non-hydrogen) atoms. The van der Waals surface area contributed by atoms with Crippen molar-refractivity contribution in [2.24, 2.45) is 5.73 Å². The fourth-order valence-electron chi connectivity index (χ4n) is 2.64. The fraction of sp³-hybridized carbons (Fsp3) is 0.571. The summed E-state index contributed by atoms with van der Waals surface area (Å²) in [5, 5.41) is 9.77. The Labute approximate surface area is 117 Å². The lowest BCUT2D eigenvalue weighted by atomic mass is 10.0. The van der Waals surface area contributed by atoms with Crippen molar-refractivity contribution >= 4 is 11.8 Å². The molecule has 2 aliphatic rings. The van der Waals surface area contributed by atoms with E-state index in [4.69, 9.17) is 15.2 Å². The molecule has 0 bridgehead atoms. The van der Waals surface area contributed by atoms with Crippen LogP contribution in [0.3, 0.4) is 0 Å². The van der Waals surface area contributed by atoms with E-state index >= 15 is 0 Å². The molecule has 1 heterocycles. The van der Waals surface area contributed by atoms with E-state index in [0.717, 1.165) is 30.8 Å². The summed E-state index contributed by atoms with van der Waals surface area (Å²) in [5.74, 6) is 1.65. The van der Waals surface area contributed by atoms with Crippen molar-refractivity contribution in [2.75, 3.05) is 19.8 Å². The van der Waals surface area contributed by atoms with Crippen LogP contribution < -0.4 is 15.2 Å². The van der Waals surface area contributed by atoms with E-state index in [0.29, 0.717) is 18.5 Å². The lowest BCUT2D eigenvalue weighted by molar-refractivity contribution is 0.171. The number of hydrogen-bond donors (Lipinski definition) is 2. The Morgan fingerprint density at radius 2 is 2.11 bits per heavy atom. The van der Waals surface area contributed by atoms with Crippen LogP contribution in [-0.2, 0) is 0 Å². The fourth-order valence-corrected chi connectivity index (χ4v) is 4.00. The van der Waals surface area contributed by atoms with Crippen LogP contribution in [0.5, 0.6) is 11.5 Å². The van der Waals surface area contributed by atoms with E-state index in [9.17, 15) is 5.11 Å². The Hall–Kier alpha value is -0.910. The molecular formula is C14H19NO3S. The monoisotopic (exact) mass is 281 g/mol. The Morgan fingerprint density at radius 1 is 1.32 bits per heavy atom. The zero-order chi connectivity index (χ0) is 13.3. The highest BCUT2D eigenvalue weighted by Crippen LogP contribution is 2.41. The number of hydrogen-bond acceptors (Lipinski definition) is 5. The molecule has 2 unspecified atom stereocenters. The second-order valence-corrected chi connectivity index (χ2v) is 6.68. The van der Waals surface area contributed by atoms with Crippen molar-refractivity contribution in [1.82, 2.24) is 0 Å². The summed E-state index contributed by atoms with van der Waals surface area (Å²) in [6, 6.07) is 6.07. The highest BCUT2D eigenvalue weighted by Gasteiger charge is 2.35. The molecular weight excluding hydrogens is 262 g/mol. The van der Waals surface area contributed by atoms with Gasteiger partial charge >= 0.3 is 0 Å². The zero-order valence-electron chi connectivity index (χ0n) is 10.8. The molecule has 0 amide bonds. The molecule has 0 spiro atoms. The summed E-state index contributed by atoms with van der Waals surface area (Å²) in [7, 11) is 0. The highest BCUT2D eigenvalue weighted by molar-refractivity contribution is 8.00. The van der Waals surface area contributed by atoms with Crippen LogP contribution in [0.15, 0.2) is 23.1 Å². The Balaban J connectivity index is 1.67. The van der Waals surface area contributed by atoms with Crippen LogP contribution >= 0.6 is 11.8 Å². The third kappa shape index (κ3) is 2.83. The van der Waals surface area contributed by atoms with Crippen molar-refractivity contribution < 1.29 is 14.6 Å². The van der Waals surface area contributed by atoms with Crippen molar-refractivity contribution in [3.63, 3.8) is 0 Å². The van der Waals surface area contributed by atoms with Crippen molar-refractivity contribution in [1.29, 1.82) is 0 Å². The topological polar surface area (TPSA) is 64.7 Å². The van der Waals surface area contributed by atoms with Crippen LogP contribution in [0.4, 0.5) is 0 Å². The van der Waals surface area contributed by atoms with Gasteiger partial charge in [-0.2, -0.15) is 0 Å². The van der Waals surface area contributed by atoms with E-state index in [2.05, 4.69) is 6.07 Å². The van der Waals surface area contributed by atoms with Crippen molar-refractivity contribution in [2.45, 2.75) is 34.9 Å². The smallest absolute Gasteiger partial charge is 0.162 e. The van der Waals surface area contributed by atoms with Gasteiger partial charge in [0, 0.05) is 15.7 Å². The number of aliphatic hydroxyl groups excluding tert-OH is 1. The van der Waals surface area contributed by atoms with Gasteiger partial charge in [-0.25, -0.2) is 0 Å². The third-order valence-corrected chi connectivity index (χ3v) is 4.99. The number of nitrogens with two attached hydrogens (primary N) is 1. The summed E-state index contributed by atoms with van der Waals surface area (Å²) < 4.78 is 11.1. The first kappa shape index (κ1) is 13.1. The highest BCUT2D eigenvalue weighted by atomic mass is 32.2. The van der Waals surface area contributed by atoms with Gasteiger partial charge in [-0.1, -0.05) is 0 Å². The van der Waals surface area contributed by atoms with Crippen molar-refractivity contribution in [3.8, 4) is 11.5 Å². The predicted octanol–water partition coefficient (Wildman–Crippen LogP) is 1.79. The average Bonchev–Trinajstić information content (AvgIpc) is 2.81. The van der Waals surface area contributed by atoms with Gasteiger partial charge in [0.05, 0.1) is 6.61 Å². The molecule has 5 heteroatoms. The Kier molecular flexibility index (Phi) is 3.60. The zero-order valence-corrected chi connectivity index (χ0v) is 11.6. The van der Waals surface area contributed by atoms with Gasteiger partial charge in [0.2, 0.25) is 0 Å². The number of rotatable bonds is 3. The van der Waals surface area contributed by atoms with Crippen LogP contribution in [0.25, 0.3) is 0 Å². The van der Waals surface area contributed by atoms with Gasteiger partial charge in [0.1, 0.15) is 13.2 Å². The van der Waals surface area contributed by atoms with E-state index in [1.54, 1.807) is 0 Å². The number of benzene rings is 1. The van der Waals surface area contributed by atoms with E-state index in [1.807, 2.05) is 23.9 Å². The molecule has 3 N–H and O–H groups in total. The predicted molar refractivity (Wildman–Crippen MR) is 74.9 cm³/mol. The maximum Gasteiger partial charge on any atom is 0.162 e. The average molecular weight is 281 g/mol. The Morgan fingerprint density at radius 3 is 2.84 bits per heavy atom. The minimum absolute atomic E-state index is 0.0746. The first-order valence-electron chi connectivity index (χ1n) is 6.65. The lowest BCUT2D eigenvalue weighted by Gasteiger charge is -2.21. The van der Waals surface area contributed by atoms with E-state index in [1.165, 1.54) is 4.90 Å². The van der Waals surface area contributed by atoms with Crippen molar-refractivity contribution in [3.05, 3.63) is 18.2 Å². The Bertz CT molecular complexity index is 468. The minimum Gasteiger partial charge on any atom is -0.486 e. The third-order valence-electron chi connectivity index (χ3n) is 3.73. The number of aliphatic hydroxyl groups is 1. The van der Waals surface area contributed by atoms with Crippen LogP contribution in [-0.4, -0.2) is 35.7 Å². The summed E-state index contributed by atoms with van der Waals surface area (Å²) in [6.45, 7) is 1.31. The molecule has 4 nitrogen and oxygen atoms in total.